The highest BCUT2D eigenvalue weighted by Crippen LogP contribution is 2.26. The predicted molar refractivity (Wildman–Crippen MR) is 93.2 cm³/mol. The van der Waals surface area contributed by atoms with Crippen molar-refractivity contribution < 1.29 is 14.3 Å². The van der Waals surface area contributed by atoms with Crippen LogP contribution in [0.2, 0.25) is 5.02 Å². The molecule has 0 saturated heterocycles. The smallest absolute Gasteiger partial charge is 0.310 e. The van der Waals surface area contributed by atoms with E-state index < -0.39 is 5.97 Å². The van der Waals surface area contributed by atoms with E-state index >= 15 is 0 Å². The number of fused-ring (bicyclic) bond motifs is 1. The maximum atomic E-state index is 12.4. The van der Waals surface area contributed by atoms with E-state index in [4.69, 9.17) is 16.3 Å². The summed E-state index contributed by atoms with van der Waals surface area (Å²) in [5.74, 6) is -0.609. The lowest BCUT2D eigenvalue weighted by Crippen LogP contribution is -2.38. The first kappa shape index (κ1) is 16.5. The summed E-state index contributed by atoms with van der Waals surface area (Å²) in [6.45, 7) is 0.422. The Morgan fingerprint density at radius 1 is 1.08 bits per heavy atom. The average Bonchev–Trinajstić information content (AvgIpc) is 2.61. The molecule has 5 heteroatoms. The zero-order chi connectivity index (χ0) is 16.9. The number of esters is 1. The fourth-order valence-corrected chi connectivity index (χ4v) is 2.96. The Bertz CT molecular complexity index is 743. The van der Waals surface area contributed by atoms with E-state index in [2.05, 4.69) is 0 Å². The lowest BCUT2D eigenvalue weighted by molar-refractivity contribution is -0.147. The zero-order valence-corrected chi connectivity index (χ0v) is 14.0. The van der Waals surface area contributed by atoms with Gasteiger partial charge in [-0.2, -0.15) is 0 Å². The molecular formula is C19H18ClNO3. The van der Waals surface area contributed by atoms with Crippen molar-refractivity contribution >= 4 is 29.2 Å². The van der Waals surface area contributed by atoms with Crippen LogP contribution in [0.15, 0.2) is 48.5 Å². The van der Waals surface area contributed by atoms with Crippen molar-refractivity contribution in [3.05, 3.63) is 64.7 Å². The molecule has 2 aromatic carbocycles. The molecule has 0 bridgehead atoms. The van der Waals surface area contributed by atoms with Crippen LogP contribution in [0.25, 0.3) is 0 Å². The minimum absolute atomic E-state index is 0.126. The SMILES string of the molecule is O=C(Cc1ccc(Cl)cc1)OCC(=O)N1CCCc2ccccc21. The third-order valence-electron chi connectivity index (χ3n) is 4.03. The minimum Gasteiger partial charge on any atom is -0.455 e. The van der Waals surface area contributed by atoms with Crippen molar-refractivity contribution in [2.24, 2.45) is 0 Å². The van der Waals surface area contributed by atoms with Crippen molar-refractivity contribution in [3.8, 4) is 0 Å². The molecule has 24 heavy (non-hydrogen) atoms. The molecule has 0 atom stereocenters. The van der Waals surface area contributed by atoms with Crippen molar-refractivity contribution in [1.29, 1.82) is 0 Å². The van der Waals surface area contributed by atoms with Gasteiger partial charge in [0.2, 0.25) is 0 Å². The molecule has 1 aliphatic rings. The first-order valence-corrected chi connectivity index (χ1v) is 8.29. The molecule has 0 N–H and O–H groups in total. The van der Waals surface area contributed by atoms with Gasteiger partial charge in [0, 0.05) is 17.3 Å². The Kier molecular flexibility index (Phi) is 5.16. The van der Waals surface area contributed by atoms with E-state index in [1.165, 1.54) is 0 Å². The molecule has 0 unspecified atom stereocenters. The number of ether oxygens (including phenoxy) is 1. The van der Waals surface area contributed by atoms with Crippen molar-refractivity contribution in [3.63, 3.8) is 0 Å². The number of hydrogen-bond acceptors (Lipinski definition) is 3. The number of carbonyl (C=O) groups is 2. The molecule has 124 valence electrons. The van der Waals surface area contributed by atoms with Gasteiger partial charge in [0.25, 0.3) is 5.91 Å². The maximum Gasteiger partial charge on any atom is 0.310 e. The summed E-state index contributed by atoms with van der Waals surface area (Å²) in [4.78, 5) is 26.0. The monoisotopic (exact) mass is 343 g/mol. The standard InChI is InChI=1S/C19H18ClNO3/c20-16-9-7-14(8-10-16)12-19(23)24-13-18(22)21-11-3-5-15-4-1-2-6-17(15)21/h1-2,4,6-10H,3,5,11-13H2. The molecule has 2 aromatic rings. The van der Waals surface area contributed by atoms with Gasteiger partial charge in [0.1, 0.15) is 0 Å². The average molecular weight is 344 g/mol. The van der Waals surface area contributed by atoms with Gasteiger partial charge in [-0.25, -0.2) is 0 Å². The van der Waals surface area contributed by atoms with Crippen LogP contribution in [0.5, 0.6) is 0 Å². The number of amides is 1. The third-order valence-corrected chi connectivity index (χ3v) is 4.28. The molecule has 0 radical (unpaired) electrons. The largest absolute Gasteiger partial charge is 0.455 e. The van der Waals surface area contributed by atoms with Crippen LogP contribution in [-0.4, -0.2) is 25.0 Å². The van der Waals surface area contributed by atoms with Gasteiger partial charge in [0.05, 0.1) is 6.42 Å². The number of para-hydroxylation sites is 1. The number of rotatable bonds is 4. The van der Waals surface area contributed by atoms with E-state index in [1.807, 2.05) is 24.3 Å². The summed E-state index contributed by atoms with van der Waals surface area (Å²) >= 11 is 5.81. The summed E-state index contributed by atoms with van der Waals surface area (Å²) < 4.78 is 5.14. The fourth-order valence-electron chi connectivity index (χ4n) is 2.83. The second kappa shape index (κ2) is 7.49. The molecular weight excluding hydrogens is 326 g/mol. The normalized spacial score (nSPS) is 13.3. The Hall–Kier alpha value is -2.33. The van der Waals surface area contributed by atoms with Crippen LogP contribution < -0.4 is 4.90 Å². The van der Waals surface area contributed by atoms with Gasteiger partial charge >= 0.3 is 5.97 Å². The second-order valence-electron chi connectivity index (χ2n) is 5.74. The van der Waals surface area contributed by atoms with Gasteiger partial charge in [-0.05, 0) is 42.2 Å². The van der Waals surface area contributed by atoms with Gasteiger partial charge in [-0.15, -0.1) is 0 Å². The quantitative estimate of drug-likeness (QED) is 0.799. The third kappa shape index (κ3) is 3.95. The molecule has 0 aliphatic carbocycles. The van der Waals surface area contributed by atoms with Crippen LogP contribution in [0.1, 0.15) is 17.5 Å². The van der Waals surface area contributed by atoms with E-state index in [-0.39, 0.29) is 18.9 Å². The van der Waals surface area contributed by atoms with Gasteiger partial charge in [-0.3, -0.25) is 9.59 Å². The molecule has 0 aromatic heterocycles. The molecule has 1 aliphatic heterocycles. The predicted octanol–water partition coefficient (Wildman–Crippen LogP) is 3.41. The van der Waals surface area contributed by atoms with Gasteiger partial charge < -0.3 is 9.64 Å². The lowest BCUT2D eigenvalue weighted by atomic mass is 10.0. The van der Waals surface area contributed by atoms with Crippen molar-refractivity contribution in [1.82, 2.24) is 0 Å². The lowest BCUT2D eigenvalue weighted by Gasteiger charge is -2.29. The Morgan fingerprint density at radius 2 is 1.83 bits per heavy atom. The number of halogens is 1. The van der Waals surface area contributed by atoms with Crippen LogP contribution in [0.4, 0.5) is 5.69 Å². The summed E-state index contributed by atoms with van der Waals surface area (Å²) in [6, 6.07) is 14.8. The summed E-state index contributed by atoms with van der Waals surface area (Å²) in [5.41, 5.74) is 2.88. The van der Waals surface area contributed by atoms with Crippen LogP contribution in [0, 0.1) is 0 Å². The highest BCUT2D eigenvalue weighted by atomic mass is 35.5. The van der Waals surface area contributed by atoms with E-state index in [1.54, 1.807) is 29.2 Å². The molecule has 0 saturated carbocycles. The Labute approximate surface area is 146 Å². The number of aryl methyl sites for hydroxylation is 1. The van der Waals surface area contributed by atoms with E-state index in [9.17, 15) is 9.59 Å². The second-order valence-corrected chi connectivity index (χ2v) is 6.18. The highest BCUT2D eigenvalue weighted by Gasteiger charge is 2.22. The number of nitrogens with zero attached hydrogens (tertiary/aromatic N) is 1. The van der Waals surface area contributed by atoms with Crippen molar-refractivity contribution in [2.75, 3.05) is 18.1 Å². The first-order valence-electron chi connectivity index (χ1n) is 7.92. The molecule has 1 heterocycles. The number of benzene rings is 2. The van der Waals surface area contributed by atoms with Gasteiger partial charge in [0.15, 0.2) is 6.61 Å². The van der Waals surface area contributed by atoms with E-state index in [0.29, 0.717) is 11.6 Å². The molecule has 4 nitrogen and oxygen atoms in total. The Balaban J connectivity index is 1.56. The highest BCUT2D eigenvalue weighted by molar-refractivity contribution is 6.30. The zero-order valence-electron chi connectivity index (χ0n) is 13.2. The van der Waals surface area contributed by atoms with Crippen molar-refractivity contribution in [2.45, 2.75) is 19.3 Å². The summed E-state index contributed by atoms with van der Waals surface area (Å²) in [7, 11) is 0. The fraction of sp³-hybridized carbons (Fsp3) is 0.263. The topological polar surface area (TPSA) is 46.6 Å². The Morgan fingerprint density at radius 3 is 2.62 bits per heavy atom. The first-order chi connectivity index (χ1) is 11.6. The van der Waals surface area contributed by atoms with Crippen LogP contribution >= 0.6 is 11.6 Å². The molecule has 0 fully saturated rings. The van der Waals surface area contributed by atoms with Crippen LogP contribution in [-0.2, 0) is 27.2 Å². The van der Waals surface area contributed by atoms with Crippen LogP contribution in [0.3, 0.4) is 0 Å². The summed E-state index contributed by atoms with van der Waals surface area (Å²) in [5, 5.41) is 0.617. The maximum absolute atomic E-state index is 12.4. The summed E-state index contributed by atoms with van der Waals surface area (Å²) in [6.07, 6.45) is 2.01. The molecule has 3 rings (SSSR count). The molecule has 0 spiro atoms. The molecule has 1 amide bonds. The number of hydrogen-bond donors (Lipinski definition) is 0. The number of carbonyl (C=O) groups excluding carboxylic acids is 2. The number of anilines is 1. The van der Waals surface area contributed by atoms with E-state index in [0.717, 1.165) is 29.7 Å². The minimum atomic E-state index is -0.420. The van der Waals surface area contributed by atoms with Gasteiger partial charge in [-0.1, -0.05) is 41.9 Å².